The first-order valence-corrected chi connectivity index (χ1v) is 39.5. The van der Waals surface area contributed by atoms with E-state index in [2.05, 4.69) is 38.7 Å². The quantitative estimate of drug-likeness (QED) is 0.0135. The topological polar surface area (TPSA) is 313 Å². The Hall–Kier alpha value is -5.83. The molecule has 2 aliphatic rings. The Morgan fingerprint density at radius 1 is 0.457 bits per heavy atom. The van der Waals surface area contributed by atoms with Crippen LogP contribution in [0.5, 0.6) is 0 Å². The summed E-state index contributed by atoms with van der Waals surface area (Å²) in [6, 6.07) is 16.2. The minimum Gasteiger partial charge on any atom is -0.466 e. The van der Waals surface area contributed by atoms with Crippen LogP contribution in [0.1, 0.15) is 81.2 Å². The molecule has 0 unspecified atom stereocenters. The molecule has 2 aliphatic heterocycles. The predicted molar refractivity (Wildman–Crippen MR) is 406 cm³/mol. The summed E-state index contributed by atoms with van der Waals surface area (Å²) in [5, 5.41) is 19.8. The minimum atomic E-state index is -0.576. The van der Waals surface area contributed by atoms with Gasteiger partial charge < -0.3 is 103 Å². The highest BCUT2D eigenvalue weighted by Gasteiger charge is 2.32. The molecule has 105 heavy (non-hydrogen) atoms. The molecule has 0 spiro atoms. The van der Waals surface area contributed by atoms with E-state index in [1.165, 1.54) is 21.8 Å². The molecule has 0 atom stereocenters. The van der Waals surface area contributed by atoms with Gasteiger partial charge in [0.15, 0.2) is 0 Å². The van der Waals surface area contributed by atoms with E-state index in [9.17, 15) is 24.0 Å². The van der Waals surface area contributed by atoms with Crippen LogP contribution in [-0.4, -0.2) is 261 Å². The number of benzene rings is 2. The maximum atomic E-state index is 13.1. The fraction of sp³-hybridized carbons (Fsp3) is 0.630. The fourth-order valence-electron chi connectivity index (χ4n) is 10.3. The molecule has 32 heteroatoms. The van der Waals surface area contributed by atoms with E-state index < -0.39 is 5.60 Å². The number of carbonyl (C=O) groups excluding carboxylic acids is 5. The molecule has 0 aliphatic carbocycles. The van der Waals surface area contributed by atoms with Crippen molar-refractivity contribution >= 4 is 106 Å². The van der Waals surface area contributed by atoms with Crippen molar-refractivity contribution in [3.8, 4) is 21.1 Å². The number of ether oxygens (including phenoxy) is 15. The number of hydrogen-bond donors (Lipinski definition) is 5. The van der Waals surface area contributed by atoms with Gasteiger partial charge in [0.1, 0.15) is 25.6 Å². The number of carbonyl (C=O) groups is 5. The highest BCUT2D eigenvalue weighted by atomic mass is 32.1. The lowest BCUT2D eigenvalue weighted by Crippen LogP contribution is -2.39. The van der Waals surface area contributed by atoms with Crippen LogP contribution in [0.25, 0.3) is 41.6 Å². The van der Waals surface area contributed by atoms with Crippen molar-refractivity contribution in [2.75, 3.05) is 222 Å². The largest absolute Gasteiger partial charge is 0.466 e. The van der Waals surface area contributed by atoms with Crippen LogP contribution in [0, 0.1) is 0 Å². The fourth-order valence-corrected chi connectivity index (χ4v) is 15.0. The van der Waals surface area contributed by atoms with E-state index in [4.69, 9.17) is 81.0 Å². The number of aromatic nitrogens is 2. The van der Waals surface area contributed by atoms with Gasteiger partial charge >= 0.3 is 18.0 Å². The summed E-state index contributed by atoms with van der Waals surface area (Å²) < 4.78 is 83.2. The molecular formula is C73H108N8O20S4. The smallest absolute Gasteiger partial charge is 0.410 e. The lowest BCUT2D eigenvalue weighted by atomic mass is 10.0. The van der Waals surface area contributed by atoms with E-state index in [1.807, 2.05) is 57.2 Å². The first-order chi connectivity index (χ1) is 51.3. The molecule has 6 aromatic rings. The minimum absolute atomic E-state index is 0.0128. The third-order valence-electron chi connectivity index (χ3n) is 15.3. The zero-order valence-electron chi connectivity index (χ0n) is 61.5. The van der Waals surface area contributed by atoms with Gasteiger partial charge in [-0.2, -0.15) is 0 Å². The zero-order valence-corrected chi connectivity index (χ0v) is 64.8. The van der Waals surface area contributed by atoms with Gasteiger partial charge in [0.2, 0.25) is 11.8 Å². The molecule has 8 rings (SSSR count). The number of nitrogens with zero attached hydrogens (tertiary/aromatic N) is 3. The SMILES string of the molecule is CCOC(=O)CCOCCOCCOCCOCCOCCOCCNCCC(=O)Nc1sc2c(c1-c1nc3ccccc3s1)CCN(C(=O)OC(C)(C)C)C2.CCOC(=O)CCOCCOCCOCCOCCOCCOCCNCCC(=O)Nc1sc2c(c1-c1nc3ccccc3s1)CCNC2. The number of thiophene rings is 2. The second kappa shape index (κ2) is 51.5. The van der Waals surface area contributed by atoms with Gasteiger partial charge in [-0.1, -0.05) is 24.3 Å². The number of amides is 3. The summed E-state index contributed by atoms with van der Waals surface area (Å²) in [6.45, 7) is 25.9. The maximum absolute atomic E-state index is 13.1. The van der Waals surface area contributed by atoms with Gasteiger partial charge in [0.05, 0.1) is 212 Å². The summed E-state index contributed by atoms with van der Waals surface area (Å²) in [7, 11) is 0. The van der Waals surface area contributed by atoms with Crippen LogP contribution in [0.15, 0.2) is 48.5 Å². The maximum Gasteiger partial charge on any atom is 0.410 e. The first kappa shape index (κ1) is 86.4. The van der Waals surface area contributed by atoms with E-state index in [0.29, 0.717) is 230 Å². The summed E-state index contributed by atoms with van der Waals surface area (Å²) >= 11 is 6.45. The van der Waals surface area contributed by atoms with Crippen LogP contribution in [0.3, 0.4) is 0 Å². The lowest BCUT2D eigenvalue weighted by Gasteiger charge is -2.30. The standard InChI is InChI=1S/C39H58N4O11S2.C34H50N4O9S2/c1-5-53-34(45)12-16-47-18-20-49-22-24-51-26-27-52-25-23-50-21-19-48-17-14-40-13-10-33(44)42-37-35(36-41-30-8-6-7-9-31(30)55-36)29-11-15-43(28-32(29)56-37)38(46)54-39(2,3)4;1-2-47-31(40)9-13-41-15-17-43-19-21-45-23-24-46-22-20-44-18-16-42-14-12-35-11-8-30(39)38-34-32(26-7-10-36-25-29(26)49-34)33-37-27-5-3-4-6-28(27)48-33/h6-9,40H,5,10-28H2,1-4H3,(H,42,44);3-6,35-36H,2,7-25H2,1H3,(H,38,39). The number of anilines is 2. The van der Waals surface area contributed by atoms with Gasteiger partial charge in [-0.25, -0.2) is 14.8 Å². The first-order valence-electron chi connectivity index (χ1n) is 36.2. The van der Waals surface area contributed by atoms with Crippen molar-refractivity contribution in [1.29, 1.82) is 0 Å². The molecule has 0 bridgehead atoms. The van der Waals surface area contributed by atoms with Crippen molar-refractivity contribution in [2.45, 2.75) is 91.8 Å². The van der Waals surface area contributed by atoms with Gasteiger partial charge in [0.25, 0.3) is 0 Å². The highest BCUT2D eigenvalue weighted by Crippen LogP contribution is 2.47. The molecule has 3 amide bonds. The van der Waals surface area contributed by atoms with E-state index >= 15 is 0 Å². The molecule has 28 nitrogen and oxygen atoms in total. The van der Waals surface area contributed by atoms with Crippen molar-refractivity contribution < 1.29 is 95.0 Å². The number of fused-ring (bicyclic) bond motifs is 4. The van der Waals surface area contributed by atoms with Gasteiger partial charge in [-0.05, 0) is 89.4 Å². The van der Waals surface area contributed by atoms with Crippen molar-refractivity contribution in [2.24, 2.45) is 0 Å². The van der Waals surface area contributed by atoms with Crippen LogP contribution >= 0.6 is 45.3 Å². The Bertz CT molecular complexity index is 3390. The van der Waals surface area contributed by atoms with Crippen LogP contribution in [-0.2, 0) is 116 Å². The number of esters is 2. The molecule has 0 fully saturated rings. The lowest BCUT2D eigenvalue weighted by molar-refractivity contribution is -0.145. The summed E-state index contributed by atoms with van der Waals surface area (Å²) in [5.41, 5.74) is 5.80. The number of thiazole rings is 2. The third-order valence-corrected chi connectivity index (χ3v) is 19.7. The highest BCUT2D eigenvalue weighted by molar-refractivity contribution is 7.23. The second-order valence-corrected chi connectivity index (χ2v) is 28.8. The monoisotopic (exact) mass is 1540 g/mol. The number of para-hydroxylation sites is 2. The Kier molecular flexibility index (Phi) is 42.4. The van der Waals surface area contributed by atoms with E-state index in [1.54, 1.807) is 52.8 Å². The number of hydrogen-bond acceptors (Lipinski definition) is 29. The van der Waals surface area contributed by atoms with Crippen molar-refractivity contribution in [1.82, 2.24) is 30.8 Å². The molecule has 0 saturated heterocycles. The van der Waals surface area contributed by atoms with Crippen molar-refractivity contribution in [3.05, 3.63) is 69.4 Å². The van der Waals surface area contributed by atoms with E-state index in [0.717, 1.165) is 81.5 Å². The Morgan fingerprint density at radius 2 is 0.829 bits per heavy atom. The normalized spacial score (nSPS) is 12.8. The molecule has 584 valence electrons. The van der Waals surface area contributed by atoms with Gasteiger partial charge in [-0.15, -0.1) is 45.3 Å². The zero-order chi connectivity index (χ0) is 74.4. The Labute approximate surface area is 632 Å². The van der Waals surface area contributed by atoms with Crippen molar-refractivity contribution in [3.63, 3.8) is 0 Å². The molecular weight excluding hydrogens is 1440 g/mol. The Morgan fingerprint density at radius 3 is 1.22 bits per heavy atom. The number of nitrogens with one attached hydrogen (secondary N) is 5. The molecule has 5 N–H and O–H groups in total. The predicted octanol–water partition coefficient (Wildman–Crippen LogP) is 8.93. The summed E-state index contributed by atoms with van der Waals surface area (Å²) in [5.74, 6) is -0.619. The molecule has 2 aromatic carbocycles. The molecule has 6 heterocycles. The molecule has 4 aromatic heterocycles. The van der Waals surface area contributed by atoms with Crippen LogP contribution in [0.4, 0.5) is 14.8 Å². The third kappa shape index (κ3) is 34.1. The average Bonchev–Trinajstić information content (AvgIpc) is 1.62. The van der Waals surface area contributed by atoms with E-state index in [-0.39, 0.29) is 42.7 Å². The molecule has 0 radical (unpaired) electrons. The Balaban J connectivity index is 0.000000296. The second-order valence-electron chi connectivity index (χ2n) is 24.5. The summed E-state index contributed by atoms with van der Waals surface area (Å²) in [6.07, 6.45) is 2.42. The average molecular weight is 1550 g/mol. The number of rotatable bonds is 54. The van der Waals surface area contributed by atoms with Crippen LogP contribution < -0.4 is 26.6 Å². The summed E-state index contributed by atoms with van der Waals surface area (Å²) in [4.78, 5) is 75.0. The van der Waals surface area contributed by atoms with Crippen LogP contribution in [0.2, 0.25) is 0 Å². The van der Waals surface area contributed by atoms with Gasteiger partial charge in [-0.3, -0.25) is 19.2 Å². The van der Waals surface area contributed by atoms with Gasteiger partial charge in [0, 0.05) is 73.0 Å². The molecule has 0 saturated carbocycles.